The van der Waals surface area contributed by atoms with Crippen molar-refractivity contribution in [2.45, 2.75) is 200 Å². The second kappa shape index (κ2) is 37.3. The van der Waals surface area contributed by atoms with Crippen LogP contribution < -0.4 is 4.74 Å². The zero-order valence-electron chi connectivity index (χ0n) is 39.0. The predicted octanol–water partition coefficient (Wildman–Crippen LogP) is 13.3. The summed E-state index contributed by atoms with van der Waals surface area (Å²) in [6.07, 6.45) is 36.2. The van der Waals surface area contributed by atoms with Crippen LogP contribution in [-0.2, 0) is 32.7 Å². The molecular formula is C49H89NO9P+. The van der Waals surface area contributed by atoms with Gasteiger partial charge in [-0.2, -0.15) is 0 Å². The van der Waals surface area contributed by atoms with Gasteiger partial charge in [0.2, 0.25) is 0 Å². The van der Waals surface area contributed by atoms with E-state index in [1.165, 1.54) is 154 Å². The minimum atomic E-state index is -4.52. The Balaban J connectivity index is 2.38. The second-order valence-corrected chi connectivity index (χ2v) is 19.1. The summed E-state index contributed by atoms with van der Waals surface area (Å²) in [5, 5.41) is 0. The first-order chi connectivity index (χ1) is 28.9. The molecule has 348 valence electrons. The van der Waals surface area contributed by atoms with Crippen LogP contribution in [0, 0.1) is 0 Å². The first-order valence-electron chi connectivity index (χ1n) is 24.1. The molecule has 1 aromatic rings. The van der Waals surface area contributed by atoms with E-state index in [2.05, 4.69) is 13.8 Å². The van der Waals surface area contributed by atoms with Crippen molar-refractivity contribution in [1.82, 2.24) is 0 Å². The maximum absolute atomic E-state index is 12.7. The molecule has 11 heteroatoms. The largest absolute Gasteiger partial charge is 0.494 e. The number of hydrogen-bond acceptors (Lipinski definition) is 8. The number of nitrogens with zero attached hydrogens (tertiary/aromatic N) is 1. The average Bonchev–Trinajstić information content (AvgIpc) is 3.21. The molecular weight excluding hydrogens is 778 g/mol. The van der Waals surface area contributed by atoms with E-state index >= 15 is 0 Å². The summed E-state index contributed by atoms with van der Waals surface area (Å²) in [5.41, 5.74) is 0.788. The fourth-order valence-corrected chi connectivity index (χ4v) is 7.72. The van der Waals surface area contributed by atoms with Crippen LogP contribution in [0.3, 0.4) is 0 Å². The lowest BCUT2D eigenvalue weighted by molar-refractivity contribution is -0.870. The molecule has 0 aliphatic rings. The van der Waals surface area contributed by atoms with E-state index in [1.54, 1.807) is 6.08 Å². The second-order valence-electron chi connectivity index (χ2n) is 17.7. The quantitative estimate of drug-likeness (QED) is 0.0225. The van der Waals surface area contributed by atoms with Gasteiger partial charge in [0.15, 0.2) is 0 Å². The van der Waals surface area contributed by atoms with Gasteiger partial charge in [0.1, 0.15) is 38.2 Å². The van der Waals surface area contributed by atoms with Gasteiger partial charge in [-0.15, -0.1) is 0 Å². The number of phosphoric ester groups is 1. The molecule has 0 bridgehead atoms. The number of likely N-dealkylation sites (N-methyl/N-ethyl adjacent to an activating group) is 1. The molecule has 2 atom stereocenters. The summed E-state index contributed by atoms with van der Waals surface area (Å²) < 4.78 is 40.4. The molecule has 0 spiro atoms. The Morgan fingerprint density at radius 1 is 0.617 bits per heavy atom. The lowest BCUT2D eigenvalue weighted by Crippen LogP contribution is -2.37. The molecule has 0 heterocycles. The van der Waals surface area contributed by atoms with E-state index in [0.717, 1.165) is 30.6 Å². The van der Waals surface area contributed by atoms with Gasteiger partial charge in [-0.1, -0.05) is 187 Å². The Bertz CT molecular complexity index is 1250. The highest BCUT2D eigenvalue weighted by atomic mass is 31.2. The molecule has 0 radical (unpaired) electrons. The highest BCUT2D eigenvalue weighted by Gasteiger charge is 2.29. The Hall–Kier alpha value is -2.23. The molecule has 1 aromatic carbocycles. The Morgan fingerprint density at radius 2 is 1.05 bits per heavy atom. The lowest BCUT2D eigenvalue weighted by Gasteiger charge is -2.25. The van der Waals surface area contributed by atoms with Gasteiger partial charge in [-0.3, -0.25) is 13.8 Å². The van der Waals surface area contributed by atoms with Gasteiger partial charge < -0.3 is 23.6 Å². The van der Waals surface area contributed by atoms with Crippen molar-refractivity contribution in [3.63, 3.8) is 0 Å². The molecule has 1 N–H and O–H groups in total. The standard InChI is InChI=1S/C49H88NO9P/c1-6-8-10-12-14-16-18-20-22-24-26-28-30-32-41-55-46-37-34-45(35-38-46)36-39-49(52)57-44-47(59-60(53,54)58-42-40-50(3,4)5)43-56-48(51)33-31-29-27-25-23-21-19-17-15-13-11-9-7-2/h34-39,47H,6-33,40-44H2,1-5H3/p+1/b39-36+/t47-/m1/s1. The fraction of sp³-hybridized carbons (Fsp3) is 0.796. The van der Waals surface area contributed by atoms with Gasteiger partial charge in [0.25, 0.3) is 0 Å². The first kappa shape index (κ1) is 55.8. The van der Waals surface area contributed by atoms with Crippen LogP contribution in [0.4, 0.5) is 0 Å². The third-order valence-electron chi connectivity index (χ3n) is 10.7. The molecule has 0 saturated heterocycles. The lowest BCUT2D eigenvalue weighted by atomic mass is 10.0. The number of hydrogen-bond donors (Lipinski definition) is 1. The van der Waals surface area contributed by atoms with Gasteiger partial charge >= 0.3 is 19.8 Å². The fourth-order valence-electron chi connectivity index (χ4n) is 6.85. The normalized spacial score (nSPS) is 13.4. The van der Waals surface area contributed by atoms with Crippen molar-refractivity contribution >= 4 is 25.8 Å². The van der Waals surface area contributed by atoms with E-state index in [1.807, 2.05) is 45.4 Å². The summed E-state index contributed by atoms with van der Waals surface area (Å²) in [5.74, 6) is -0.312. The average molecular weight is 867 g/mol. The van der Waals surface area contributed by atoms with Crippen LogP contribution in [0.2, 0.25) is 0 Å². The number of carbonyl (C=O) groups is 2. The van der Waals surface area contributed by atoms with Gasteiger partial charge in [-0.05, 0) is 36.6 Å². The van der Waals surface area contributed by atoms with Crippen molar-refractivity contribution in [3.05, 3.63) is 35.9 Å². The third-order valence-corrected chi connectivity index (χ3v) is 11.8. The molecule has 0 aliphatic carbocycles. The number of carbonyl (C=O) groups excluding carboxylic acids is 2. The molecule has 0 fully saturated rings. The minimum Gasteiger partial charge on any atom is -0.494 e. The van der Waals surface area contributed by atoms with Crippen molar-refractivity contribution in [1.29, 1.82) is 0 Å². The number of unbranched alkanes of at least 4 members (excludes halogenated alkanes) is 25. The van der Waals surface area contributed by atoms with Crippen LogP contribution >= 0.6 is 7.82 Å². The van der Waals surface area contributed by atoms with Crippen LogP contribution in [0.15, 0.2) is 30.3 Å². The van der Waals surface area contributed by atoms with E-state index < -0.39 is 32.5 Å². The minimum absolute atomic E-state index is 0.0192. The zero-order chi connectivity index (χ0) is 44.0. The molecule has 0 aromatic heterocycles. The molecule has 0 aliphatic heterocycles. The van der Waals surface area contributed by atoms with Crippen molar-refractivity contribution in [2.75, 3.05) is 54.1 Å². The van der Waals surface area contributed by atoms with Crippen LogP contribution in [0.25, 0.3) is 6.08 Å². The van der Waals surface area contributed by atoms with Crippen molar-refractivity contribution in [2.24, 2.45) is 0 Å². The van der Waals surface area contributed by atoms with E-state index in [4.69, 9.17) is 23.3 Å². The number of ether oxygens (including phenoxy) is 3. The maximum Gasteiger partial charge on any atom is 0.472 e. The number of quaternary nitrogens is 1. The summed E-state index contributed by atoms with van der Waals surface area (Å²) in [6, 6.07) is 7.48. The topological polar surface area (TPSA) is 118 Å². The summed E-state index contributed by atoms with van der Waals surface area (Å²) >= 11 is 0. The Morgan fingerprint density at radius 3 is 1.52 bits per heavy atom. The molecule has 1 rings (SSSR count). The summed E-state index contributed by atoms with van der Waals surface area (Å²) in [6.45, 7) is 4.90. The monoisotopic (exact) mass is 867 g/mol. The number of phosphoric acid groups is 1. The molecule has 0 amide bonds. The smallest absolute Gasteiger partial charge is 0.472 e. The molecule has 60 heavy (non-hydrogen) atoms. The van der Waals surface area contributed by atoms with E-state index in [0.29, 0.717) is 24.1 Å². The first-order valence-corrected chi connectivity index (χ1v) is 25.6. The molecule has 0 saturated carbocycles. The predicted molar refractivity (Wildman–Crippen MR) is 247 cm³/mol. The van der Waals surface area contributed by atoms with Crippen LogP contribution in [0.1, 0.15) is 199 Å². The molecule has 10 nitrogen and oxygen atoms in total. The van der Waals surface area contributed by atoms with Gasteiger partial charge in [0, 0.05) is 12.5 Å². The Labute approximate surface area is 367 Å². The summed E-state index contributed by atoms with van der Waals surface area (Å²) in [4.78, 5) is 35.5. The van der Waals surface area contributed by atoms with E-state index in [-0.39, 0.29) is 19.6 Å². The third kappa shape index (κ3) is 36.4. The Kier molecular flexibility index (Phi) is 34.7. The highest BCUT2D eigenvalue weighted by molar-refractivity contribution is 7.47. The van der Waals surface area contributed by atoms with Gasteiger partial charge in [-0.25, -0.2) is 9.36 Å². The highest BCUT2D eigenvalue weighted by Crippen LogP contribution is 2.44. The summed E-state index contributed by atoms with van der Waals surface area (Å²) in [7, 11) is 1.28. The van der Waals surface area contributed by atoms with Crippen molar-refractivity contribution < 1.29 is 46.8 Å². The zero-order valence-corrected chi connectivity index (χ0v) is 39.9. The van der Waals surface area contributed by atoms with Crippen LogP contribution in [0.5, 0.6) is 5.75 Å². The van der Waals surface area contributed by atoms with Gasteiger partial charge in [0.05, 0.1) is 27.7 Å². The maximum atomic E-state index is 12.7. The molecule has 1 unspecified atom stereocenters. The van der Waals surface area contributed by atoms with E-state index in [9.17, 15) is 19.0 Å². The SMILES string of the molecule is CCCCCCCCCCCCCCCCOc1ccc(/C=C/C(=O)OC[C@@H](COC(=O)CCCCCCCCCCCCCCC)OP(=O)(O)OCC[N+](C)(C)C)cc1. The number of rotatable bonds is 42. The number of esters is 2. The van der Waals surface area contributed by atoms with Crippen LogP contribution in [-0.4, -0.2) is 81.5 Å². The van der Waals surface area contributed by atoms with Crippen molar-refractivity contribution in [3.8, 4) is 5.75 Å². The number of benzene rings is 1.